The Morgan fingerprint density at radius 3 is 2.32 bits per heavy atom. The van der Waals surface area contributed by atoms with Crippen LogP contribution in [0.2, 0.25) is 25.7 Å². The van der Waals surface area contributed by atoms with Gasteiger partial charge in [-0.1, -0.05) is 50.0 Å². The third kappa shape index (κ3) is 6.58. The van der Waals surface area contributed by atoms with Crippen LogP contribution in [0.15, 0.2) is 48.5 Å². The van der Waals surface area contributed by atoms with Crippen molar-refractivity contribution in [3.63, 3.8) is 0 Å². The SMILES string of the molecule is CNC(=O)c1c(O[C@@H](C)c2ccccc2)cc(-c2cc(C)nc(C)c2)n1COCC[Si](C)(C)C. The highest BCUT2D eigenvalue weighted by atomic mass is 28.3. The summed E-state index contributed by atoms with van der Waals surface area (Å²) in [6.45, 7) is 13.8. The quantitative estimate of drug-likeness (QED) is 0.287. The second kappa shape index (κ2) is 11.0. The van der Waals surface area contributed by atoms with Crippen molar-refractivity contribution in [2.45, 2.75) is 59.3 Å². The molecule has 3 aromatic rings. The summed E-state index contributed by atoms with van der Waals surface area (Å²) in [6, 6.07) is 17.1. The summed E-state index contributed by atoms with van der Waals surface area (Å²) < 4.78 is 14.4. The zero-order valence-corrected chi connectivity index (χ0v) is 22.4. The van der Waals surface area contributed by atoms with Crippen LogP contribution in [0.5, 0.6) is 5.75 Å². The maximum atomic E-state index is 13.1. The first kappa shape index (κ1) is 25.7. The Morgan fingerprint density at radius 1 is 1.09 bits per heavy atom. The van der Waals surface area contributed by atoms with Gasteiger partial charge in [-0.2, -0.15) is 0 Å². The predicted octanol–water partition coefficient (Wildman–Crippen LogP) is 5.98. The number of rotatable bonds is 10. The van der Waals surface area contributed by atoms with Crippen LogP contribution >= 0.6 is 0 Å². The number of nitrogens with zero attached hydrogens (tertiary/aromatic N) is 2. The molecule has 1 N–H and O–H groups in total. The van der Waals surface area contributed by atoms with Crippen molar-refractivity contribution < 1.29 is 14.3 Å². The molecule has 0 saturated heterocycles. The van der Waals surface area contributed by atoms with E-state index >= 15 is 0 Å². The van der Waals surface area contributed by atoms with Gasteiger partial charge in [-0.3, -0.25) is 9.78 Å². The highest BCUT2D eigenvalue weighted by molar-refractivity contribution is 6.76. The average Bonchev–Trinajstić information content (AvgIpc) is 3.13. The number of hydrogen-bond acceptors (Lipinski definition) is 4. The number of benzene rings is 1. The van der Waals surface area contributed by atoms with Gasteiger partial charge in [0.1, 0.15) is 12.8 Å². The predicted molar refractivity (Wildman–Crippen MR) is 140 cm³/mol. The molecule has 1 amide bonds. The highest BCUT2D eigenvalue weighted by Gasteiger charge is 2.25. The fraction of sp³-hybridized carbons (Fsp3) is 0.407. The molecule has 2 heterocycles. The summed E-state index contributed by atoms with van der Waals surface area (Å²) in [5.74, 6) is 0.324. The summed E-state index contributed by atoms with van der Waals surface area (Å²) in [4.78, 5) is 17.6. The van der Waals surface area contributed by atoms with E-state index in [2.05, 4.69) is 29.9 Å². The number of pyridine rings is 1. The molecule has 1 atom stereocenters. The third-order valence-corrected chi connectivity index (χ3v) is 7.37. The van der Waals surface area contributed by atoms with Crippen LogP contribution < -0.4 is 10.1 Å². The molecule has 0 saturated carbocycles. The van der Waals surface area contributed by atoms with E-state index in [1.54, 1.807) is 7.05 Å². The van der Waals surface area contributed by atoms with Gasteiger partial charge in [0, 0.05) is 44.7 Å². The molecule has 0 aliphatic rings. The zero-order chi connectivity index (χ0) is 24.9. The highest BCUT2D eigenvalue weighted by Crippen LogP contribution is 2.35. The second-order valence-electron chi connectivity index (χ2n) is 9.91. The second-order valence-corrected chi connectivity index (χ2v) is 15.5. The van der Waals surface area contributed by atoms with E-state index in [1.165, 1.54) is 0 Å². The van der Waals surface area contributed by atoms with Crippen molar-refractivity contribution in [3.8, 4) is 17.0 Å². The standard InChI is InChI=1S/C27H37N3O3Si/c1-19-15-23(16-20(2)29-19)24-17-25(33-21(3)22-11-9-8-10-12-22)26(27(31)28-4)30(24)18-32-13-14-34(5,6)7/h8-12,15-17,21H,13-14,18H2,1-7H3,(H,28,31)/t21-/m0/s1. The molecule has 0 fully saturated rings. The van der Waals surface area contributed by atoms with Crippen molar-refractivity contribution in [1.29, 1.82) is 0 Å². The molecule has 34 heavy (non-hydrogen) atoms. The molecule has 0 radical (unpaired) electrons. The maximum absolute atomic E-state index is 13.1. The fourth-order valence-corrected chi connectivity index (χ4v) is 4.60. The molecule has 0 spiro atoms. The van der Waals surface area contributed by atoms with Crippen LogP contribution in [0.3, 0.4) is 0 Å². The lowest BCUT2D eigenvalue weighted by Gasteiger charge is -2.18. The topological polar surface area (TPSA) is 65.4 Å². The van der Waals surface area contributed by atoms with Gasteiger partial charge in [0.2, 0.25) is 0 Å². The Bertz CT molecular complexity index is 1100. The molecular weight excluding hydrogens is 442 g/mol. The van der Waals surface area contributed by atoms with E-state index in [0.29, 0.717) is 18.1 Å². The van der Waals surface area contributed by atoms with E-state index in [4.69, 9.17) is 9.47 Å². The molecule has 3 rings (SSSR count). The van der Waals surface area contributed by atoms with Gasteiger partial charge >= 0.3 is 0 Å². The molecule has 0 bridgehead atoms. The van der Waals surface area contributed by atoms with Gasteiger partial charge in [0.15, 0.2) is 11.4 Å². The van der Waals surface area contributed by atoms with Crippen molar-refractivity contribution in [3.05, 3.63) is 71.2 Å². The maximum Gasteiger partial charge on any atom is 0.271 e. The molecule has 1 aromatic carbocycles. The summed E-state index contributed by atoms with van der Waals surface area (Å²) in [5.41, 5.74) is 5.19. The first-order valence-electron chi connectivity index (χ1n) is 11.8. The van der Waals surface area contributed by atoms with Crippen molar-refractivity contribution >= 4 is 14.0 Å². The minimum absolute atomic E-state index is 0.210. The van der Waals surface area contributed by atoms with Crippen LogP contribution in [0, 0.1) is 13.8 Å². The van der Waals surface area contributed by atoms with Gasteiger partial charge in [-0.25, -0.2) is 0 Å². The molecule has 2 aromatic heterocycles. The summed E-state index contributed by atoms with van der Waals surface area (Å²) in [7, 11) is 0.405. The number of carbonyl (C=O) groups is 1. The summed E-state index contributed by atoms with van der Waals surface area (Å²) in [5, 5.41) is 2.78. The lowest BCUT2D eigenvalue weighted by atomic mass is 10.1. The molecule has 7 heteroatoms. The Kier molecular flexibility index (Phi) is 8.33. The minimum atomic E-state index is -1.23. The Labute approximate surface area is 204 Å². The van der Waals surface area contributed by atoms with Gasteiger partial charge in [0.05, 0.1) is 5.69 Å². The number of ether oxygens (including phenoxy) is 2. The summed E-state index contributed by atoms with van der Waals surface area (Å²) in [6.07, 6.45) is -0.220. The number of nitrogens with one attached hydrogen (secondary N) is 1. The number of aryl methyl sites for hydroxylation is 2. The number of hydrogen-bond donors (Lipinski definition) is 1. The lowest BCUT2D eigenvalue weighted by molar-refractivity contribution is 0.0792. The monoisotopic (exact) mass is 479 g/mol. The minimum Gasteiger partial charge on any atom is -0.484 e. The Morgan fingerprint density at radius 2 is 1.74 bits per heavy atom. The van der Waals surface area contributed by atoms with Gasteiger partial charge < -0.3 is 19.4 Å². The van der Waals surface area contributed by atoms with E-state index < -0.39 is 8.07 Å². The van der Waals surface area contributed by atoms with Gasteiger partial charge in [-0.15, -0.1) is 0 Å². The smallest absolute Gasteiger partial charge is 0.271 e. The number of carbonyl (C=O) groups excluding carboxylic acids is 1. The van der Waals surface area contributed by atoms with Crippen LogP contribution in [0.1, 0.15) is 40.5 Å². The zero-order valence-electron chi connectivity index (χ0n) is 21.4. The summed E-state index contributed by atoms with van der Waals surface area (Å²) >= 11 is 0. The van der Waals surface area contributed by atoms with Gasteiger partial charge in [0.25, 0.3) is 5.91 Å². The molecule has 182 valence electrons. The van der Waals surface area contributed by atoms with Crippen molar-refractivity contribution in [1.82, 2.24) is 14.9 Å². The number of amides is 1. The third-order valence-electron chi connectivity index (χ3n) is 5.67. The molecule has 6 nitrogen and oxygen atoms in total. The van der Waals surface area contributed by atoms with Crippen LogP contribution in [-0.4, -0.2) is 37.2 Å². The Balaban J connectivity index is 2.05. The van der Waals surface area contributed by atoms with Crippen molar-refractivity contribution in [2.75, 3.05) is 13.7 Å². The Hall–Kier alpha value is -2.90. The molecule has 0 aliphatic carbocycles. The average molecular weight is 480 g/mol. The van der Waals surface area contributed by atoms with E-state index in [-0.39, 0.29) is 18.7 Å². The van der Waals surface area contributed by atoms with Crippen LogP contribution in [-0.2, 0) is 11.5 Å². The first-order chi connectivity index (χ1) is 16.1. The van der Waals surface area contributed by atoms with E-state index in [0.717, 1.165) is 34.3 Å². The normalized spacial score (nSPS) is 12.4. The van der Waals surface area contributed by atoms with Crippen LogP contribution in [0.4, 0.5) is 0 Å². The first-order valence-corrected chi connectivity index (χ1v) is 15.5. The largest absolute Gasteiger partial charge is 0.484 e. The molecule has 0 aliphatic heterocycles. The molecule has 0 unspecified atom stereocenters. The number of aromatic nitrogens is 2. The van der Waals surface area contributed by atoms with Crippen LogP contribution in [0.25, 0.3) is 11.3 Å². The van der Waals surface area contributed by atoms with E-state index in [9.17, 15) is 4.79 Å². The van der Waals surface area contributed by atoms with Gasteiger partial charge in [-0.05, 0) is 44.5 Å². The lowest BCUT2D eigenvalue weighted by Crippen LogP contribution is -2.25. The fourth-order valence-electron chi connectivity index (χ4n) is 3.84. The molecular formula is C27H37N3O3Si. The van der Waals surface area contributed by atoms with E-state index in [1.807, 2.05) is 73.9 Å². The van der Waals surface area contributed by atoms with Crippen molar-refractivity contribution in [2.24, 2.45) is 0 Å².